The number of esters is 1. The first-order valence-corrected chi connectivity index (χ1v) is 9.32. The average Bonchev–Trinajstić information content (AvgIpc) is 2.99. The molecule has 0 spiro atoms. The van der Waals surface area contributed by atoms with Gasteiger partial charge in [-0.05, 0) is 31.2 Å². The Balaban J connectivity index is 1.66. The summed E-state index contributed by atoms with van der Waals surface area (Å²) in [5.74, 6) is -2.54. The van der Waals surface area contributed by atoms with E-state index < -0.39 is 36.3 Å². The summed E-state index contributed by atoms with van der Waals surface area (Å²) in [6.45, 7) is 0.956. The fourth-order valence-corrected chi connectivity index (χ4v) is 3.15. The Morgan fingerprint density at radius 1 is 1.03 bits per heavy atom. The Morgan fingerprint density at radius 3 is 2.17 bits per heavy atom. The molecule has 0 unspecified atom stereocenters. The standard InChI is InChI=1S/C22H19N3O5/c1-15(20(27)24(13-7-12-23)16-8-3-2-4-9-16)30-19(26)14-25-21(28)17-10-5-6-11-18(17)22(25)29/h2-6,8-11,15H,7,13-14H2,1H3/t15-/m1/s1. The van der Waals surface area contributed by atoms with Gasteiger partial charge in [-0.25, -0.2) is 0 Å². The maximum atomic E-state index is 12.8. The number of ether oxygens (including phenoxy) is 1. The second kappa shape index (κ2) is 9.01. The number of carbonyl (C=O) groups excluding carboxylic acids is 4. The number of hydrogen-bond acceptors (Lipinski definition) is 6. The molecule has 3 rings (SSSR count). The van der Waals surface area contributed by atoms with Gasteiger partial charge in [0.1, 0.15) is 6.54 Å². The molecule has 0 aromatic heterocycles. The first-order valence-electron chi connectivity index (χ1n) is 9.32. The van der Waals surface area contributed by atoms with E-state index in [4.69, 9.17) is 10.00 Å². The highest BCUT2D eigenvalue weighted by Crippen LogP contribution is 2.22. The fourth-order valence-electron chi connectivity index (χ4n) is 3.15. The van der Waals surface area contributed by atoms with Gasteiger partial charge in [-0.15, -0.1) is 0 Å². The van der Waals surface area contributed by atoms with Gasteiger partial charge in [0.05, 0.1) is 23.6 Å². The topological polar surface area (TPSA) is 108 Å². The van der Waals surface area contributed by atoms with Crippen molar-refractivity contribution in [2.24, 2.45) is 0 Å². The Kier molecular flexibility index (Phi) is 6.23. The molecule has 3 amide bonds. The number of nitriles is 1. The molecule has 2 aromatic rings. The van der Waals surface area contributed by atoms with Gasteiger partial charge in [0.2, 0.25) is 0 Å². The maximum absolute atomic E-state index is 12.8. The summed E-state index contributed by atoms with van der Waals surface area (Å²) in [6, 6.07) is 17.0. The summed E-state index contributed by atoms with van der Waals surface area (Å²) in [6.07, 6.45) is -1.05. The lowest BCUT2D eigenvalue weighted by atomic mass is 10.1. The zero-order valence-electron chi connectivity index (χ0n) is 16.3. The van der Waals surface area contributed by atoms with E-state index in [9.17, 15) is 19.2 Å². The molecule has 1 aliphatic rings. The Labute approximate surface area is 173 Å². The van der Waals surface area contributed by atoms with Crippen molar-refractivity contribution in [2.75, 3.05) is 18.0 Å². The molecule has 2 aromatic carbocycles. The van der Waals surface area contributed by atoms with Gasteiger partial charge < -0.3 is 9.64 Å². The molecule has 8 nitrogen and oxygen atoms in total. The Bertz CT molecular complexity index is 994. The van der Waals surface area contributed by atoms with Crippen molar-refractivity contribution in [3.8, 4) is 6.07 Å². The van der Waals surface area contributed by atoms with Crippen molar-refractivity contribution < 1.29 is 23.9 Å². The van der Waals surface area contributed by atoms with Crippen LogP contribution >= 0.6 is 0 Å². The number of amides is 3. The third-order valence-electron chi connectivity index (χ3n) is 4.60. The normalized spacial score (nSPS) is 13.4. The molecule has 152 valence electrons. The van der Waals surface area contributed by atoms with Crippen molar-refractivity contribution in [1.29, 1.82) is 5.26 Å². The molecule has 1 heterocycles. The van der Waals surface area contributed by atoms with Crippen molar-refractivity contribution in [3.63, 3.8) is 0 Å². The lowest BCUT2D eigenvalue weighted by Crippen LogP contribution is -2.43. The number of rotatable bonds is 7. The Hall–Kier alpha value is -3.99. The minimum absolute atomic E-state index is 0.107. The number of nitrogens with zero attached hydrogens (tertiary/aromatic N) is 3. The lowest BCUT2D eigenvalue weighted by Gasteiger charge is -2.25. The average molecular weight is 405 g/mol. The van der Waals surface area contributed by atoms with Gasteiger partial charge in [0.15, 0.2) is 6.10 Å². The molecule has 0 N–H and O–H groups in total. The van der Waals surface area contributed by atoms with Gasteiger partial charge in [-0.1, -0.05) is 30.3 Å². The summed E-state index contributed by atoms with van der Waals surface area (Å²) in [4.78, 5) is 52.1. The molecular formula is C22H19N3O5. The number of anilines is 1. The van der Waals surface area contributed by atoms with Crippen molar-refractivity contribution in [1.82, 2.24) is 4.90 Å². The predicted molar refractivity (Wildman–Crippen MR) is 106 cm³/mol. The van der Waals surface area contributed by atoms with Crippen molar-refractivity contribution in [2.45, 2.75) is 19.4 Å². The van der Waals surface area contributed by atoms with Gasteiger partial charge >= 0.3 is 5.97 Å². The smallest absolute Gasteiger partial charge is 0.326 e. The van der Waals surface area contributed by atoms with Gasteiger partial charge in [-0.2, -0.15) is 5.26 Å². The van der Waals surface area contributed by atoms with Crippen molar-refractivity contribution in [3.05, 3.63) is 65.7 Å². The van der Waals surface area contributed by atoms with Crippen LogP contribution in [0.3, 0.4) is 0 Å². The van der Waals surface area contributed by atoms with E-state index in [1.807, 2.05) is 6.07 Å². The van der Waals surface area contributed by atoms with Crippen LogP contribution in [0, 0.1) is 11.3 Å². The summed E-state index contributed by atoms with van der Waals surface area (Å²) in [5.41, 5.74) is 1.03. The molecule has 0 radical (unpaired) electrons. The number of carbonyl (C=O) groups is 4. The van der Waals surface area contributed by atoms with E-state index in [1.54, 1.807) is 42.5 Å². The molecule has 0 fully saturated rings. The molecule has 0 saturated carbocycles. The maximum Gasteiger partial charge on any atom is 0.326 e. The Morgan fingerprint density at radius 2 is 1.60 bits per heavy atom. The van der Waals surface area contributed by atoms with Crippen LogP contribution in [0.2, 0.25) is 0 Å². The van der Waals surface area contributed by atoms with Crippen LogP contribution in [0.5, 0.6) is 0 Å². The molecule has 8 heteroatoms. The van der Waals surface area contributed by atoms with Gasteiger partial charge in [-0.3, -0.25) is 24.1 Å². The minimum atomic E-state index is -1.16. The highest BCUT2D eigenvalue weighted by molar-refractivity contribution is 6.22. The number of imide groups is 1. The number of fused-ring (bicyclic) bond motifs is 1. The first-order chi connectivity index (χ1) is 14.4. The van der Waals surface area contributed by atoms with Crippen molar-refractivity contribution >= 4 is 29.4 Å². The van der Waals surface area contributed by atoms with Crippen LogP contribution in [-0.2, 0) is 14.3 Å². The highest BCUT2D eigenvalue weighted by atomic mass is 16.5. The third-order valence-corrected chi connectivity index (χ3v) is 4.60. The molecule has 1 atom stereocenters. The monoisotopic (exact) mass is 405 g/mol. The second-order valence-electron chi connectivity index (χ2n) is 6.61. The highest BCUT2D eigenvalue weighted by Gasteiger charge is 2.37. The largest absolute Gasteiger partial charge is 0.451 e. The zero-order chi connectivity index (χ0) is 21.7. The molecule has 0 saturated heterocycles. The number of benzene rings is 2. The van der Waals surface area contributed by atoms with Crippen LogP contribution in [0.25, 0.3) is 0 Å². The van der Waals surface area contributed by atoms with Gasteiger partial charge in [0.25, 0.3) is 17.7 Å². The fraction of sp³-hybridized carbons (Fsp3) is 0.227. The SMILES string of the molecule is C[C@@H](OC(=O)CN1C(=O)c2ccccc2C1=O)C(=O)N(CCC#N)c1ccccc1. The van der Waals surface area contributed by atoms with E-state index in [0.717, 1.165) is 4.90 Å². The molecule has 0 aliphatic carbocycles. The molecule has 0 bridgehead atoms. The van der Waals surface area contributed by atoms with E-state index in [1.165, 1.54) is 24.0 Å². The zero-order valence-corrected chi connectivity index (χ0v) is 16.3. The van der Waals surface area contributed by atoms with E-state index in [-0.39, 0.29) is 24.1 Å². The summed E-state index contributed by atoms with van der Waals surface area (Å²) in [7, 11) is 0. The van der Waals surface area contributed by atoms with Crippen LogP contribution < -0.4 is 4.90 Å². The van der Waals surface area contributed by atoms with Crippen LogP contribution in [0.15, 0.2) is 54.6 Å². The molecule has 30 heavy (non-hydrogen) atoms. The quantitative estimate of drug-likeness (QED) is 0.516. The first kappa shape index (κ1) is 20.7. The van der Waals surface area contributed by atoms with E-state index in [0.29, 0.717) is 5.69 Å². The molecular weight excluding hydrogens is 386 g/mol. The van der Waals surface area contributed by atoms with Crippen LogP contribution in [0.4, 0.5) is 5.69 Å². The summed E-state index contributed by atoms with van der Waals surface area (Å²) >= 11 is 0. The summed E-state index contributed by atoms with van der Waals surface area (Å²) < 4.78 is 5.19. The third kappa shape index (κ3) is 4.20. The predicted octanol–water partition coefficient (Wildman–Crippen LogP) is 2.16. The molecule has 1 aliphatic heterocycles. The second-order valence-corrected chi connectivity index (χ2v) is 6.61. The van der Waals surface area contributed by atoms with Gasteiger partial charge in [0, 0.05) is 12.2 Å². The summed E-state index contributed by atoms with van der Waals surface area (Å²) in [5, 5.41) is 8.87. The van der Waals surface area contributed by atoms with E-state index >= 15 is 0 Å². The lowest BCUT2D eigenvalue weighted by molar-refractivity contribution is -0.154. The minimum Gasteiger partial charge on any atom is -0.451 e. The van der Waals surface area contributed by atoms with Crippen LogP contribution in [-0.4, -0.2) is 47.8 Å². The number of para-hydroxylation sites is 1. The van der Waals surface area contributed by atoms with Crippen LogP contribution in [0.1, 0.15) is 34.1 Å². The number of hydrogen-bond donors (Lipinski definition) is 0. The van der Waals surface area contributed by atoms with E-state index in [2.05, 4.69) is 0 Å².